The Morgan fingerprint density at radius 1 is 1.15 bits per heavy atom. The van der Waals surface area contributed by atoms with E-state index in [0.717, 1.165) is 42.5 Å². The highest BCUT2D eigenvalue weighted by molar-refractivity contribution is 5.42. The van der Waals surface area contributed by atoms with Crippen molar-refractivity contribution in [1.82, 2.24) is 19.4 Å². The number of hydrogen-bond donors (Lipinski definition) is 1. The summed E-state index contributed by atoms with van der Waals surface area (Å²) < 4.78 is 2.12. The first kappa shape index (κ1) is 16.2. The van der Waals surface area contributed by atoms with E-state index in [9.17, 15) is 0 Å². The van der Waals surface area contributed by atoms with Crippen molar-refractivity contribution in [3.8, 4) is 0 Å². The quantitative estimate of drug-likeness (QED) is 0.772. The van der Waals surface area contributed by atoms with Gasteiger partial charge in [0.1, 0.15) is 0 Å². The molecule has 0 spiro atoms. The number of quaternary nitrogens is 1. The molecular formula is C18H21N9. The molecule has 1 N–H and O–H groups in total. The number of fused-ring (bicyclic) bond motifs is 1. The summed E-state index contributed by atoms with van der Waals surface area (Å²) in [5, 5.41) is 12.9. The van der Waals surface area contributed by atoms with Gasteiger partial charge in [-0.25, -0.2) is 15.4 Å². The number of aryl methyl sites for hydroxylation is 1. The van der Waals surface area contributed by atoms with Crippen molar-refractivity contribution < 1.29 is 5.23 Å². The van der Waals surface area contributed by atoms with Crippen molar-refractivity contribution in [3.63, 3.8) is 0 Å². The molecule has 1 fully saturated rings. The van der Waals surface area contributed by atoms with Gasteiger partial charge in [0.25, 0.3) is 0 Å². The van der Waals surface area contributed by atoms with Crippen molar-refractivity contribution in [3.05, 3.63) is 65.8 Å². The number of imidazole rings is 1. The Hall–Kier alpha value is -3.04. The largest absolute Gasteiger partial charge is 0.301 e. The van der Waals surface area contributed by atoms with Crippen LogP contribution in [-0.2, 0) is 0 Å². The molecule has 138 valence electrons. The summed E-state index contributed by atoms with van der Waals surface area (Å²) in [5.41, 5.74) is 8.55. The average Bonchev–Trinajstić information content (AvgIpc) is 3.34. The fourth-order valence-corrected chi connectivity index (χ4v) is 3.90. The van der Waals surface area contributed by atoms with E-state index in [4.69, 9.17) is 4.98 Å². The predicted octanol–water partition coefficient (Wildman–Crippen LogP) is 2.02. The number of para-hydroxylation sites is 1. The topological polar surface area (TPSA) is 79.9 Å². The van der Waals surface area contributed by atoms with Gasteiger partial charge in [0.05, 0.1) is 30.7 Å². The number of benzene rings is 1. The van der Waals surface area contributed by atoms with Crippen molar-refractivity contribution in [1.29, 1.82) is 0 Å². The number of rotatable bonds is 3. The minimum atomic E-state index is 0.446. The smallest absolute Gasteiger partial charge is 0.155 e. The van der Waals surface area contributed by atoms with Crippen LogP contribution < -0.4 is 10.3 Å². The molecule has 1 saturated heterocycles. The summed E-state index contributed by atoms with van der Waals surface area (Å²) in [5.74, 6) is 0.446. The van der Waals surface area contributed by atoms with E-state index in [0.29, 0.717) is 5.92 Å². The maximum atomic E-state index is 4.83. The van der Waals surface area contributed by atoms with Gasteiger partial charge >= 0.3 is 0 Å². The Kier molecular flexibility index (Phi) is 3.95. The molecule has 0 aliphatic carbocycles. The summed E-state index contributed by atoms with van der Waals surface area (Å²) >= 11 is 0. The van der Waals surface area contributed by atoms with Crippen LogP contribution in [0.3, 0.4) is 0 Å². The fourth-order valence-electron chi connectivity index (χ4n) is 3.90. The molecule has 1 aromatic carbocycles. The minimum absolute atomic E-state index is 0.446. The number of hydrogen-bond acceptors (Lipinski definition) is 6. The Morgan fingerprint density at radius 2 is 1.96 bits per heavy atom. The Bertz CT molecular complexity index is 959. The highest BCUT2D eigenvalue weighted by Gasteiger charge is 2.32. The van der Waals surface area contributed by atoms with Gasteiger partial charge in [-0.2, -0.15) is 5.12 Å². The van der Waals surface area contributed by atoms with Crippen molar-refractivity contribution in [2.24, 2.45) is 10.4 Å². The van der Waals surface area contributed by atoms with Crippen LogP contribution in [0.15, 0.2) is 59.4 Å². The molecule has 3 aromatic rings. The van der Waals surface area contributed by atoms with Gasteiger partial charge in [-0.3, -0.25) is 4.98 Å². The van der Waals surface area contributed by atoms with Gasteiger partial charge < -0.3 is 4.40 Å². The van der Waals surface area contributed by atoms with E-state index in [-0.39, 0.29) is 0 Å². The van der Waals surface area contributed by atoms with E-state index in [1.807, 2.05) is 47.8 Å². The van der Waals surface area contributed by atoms with E-state index >= 15 is 0 Å². The average molecular weight is 363 g/mol. The molecular weight excluding hydrogens is 342 g/mol. The monoisotopic (exact) mass is 363 g/mol. The van der Waals surface area contributed by atoms with Crippen molar-refractivity contribution in [2.45, 2.75) is 25.7 Å². The molecule has 0 saturated carbocycles. The summed E-state index contributed by atoms with van der Waals surface area (Å²) in [6, 6.07) is 10.0. The third-order valence-corrected chi connectivity index (χ3v) is 5.32. The van der Waals surface area contributed by atoms with Crippen molar-refractivity contribution >= 4 is 11.3 Å². The SMILES string of the molecule is Cc1c(C2CCN([NH+]3[N-]N=NN3c3ccccc3)CC2)nc2cnccn12. The first-order valence-corrected chi connectivity index (χ1v) is 9.18. The molecule has 2 aromatic heterocycles. The maximum Gasteiger partial charge on any atom is 0.155 e. The summed E-state index contributed by atoms with van der Waals surface area (Å²) in [6.07, 6.45) is 7.65. The van der Waals surface area contributed by atoms with Crippen LogP contribution in [0, 0.1) is 6.92 Å². The molecule has 0 bridgehead atoms. The van der Waals surface area contributed by atoms with E-state index < -0.39 is 0 Å². The van der Waals surface area contributed by atoms with E-state index in [1.165, 1.54) is 11.4 Å². The second-order valence-corrected chi connectivity index (χ2v) is 6.87. The van der Waals surface area contributed by atoms with E-state index in [1.54, 1.807) is 6.20 Å². The molecule has 2 aliphatic rings. The van der Waals surface area contributed by atoms with E-state index in [2.05, 4.69) is 37.3 Å². The molecule has 0 amide bonds. The zero-order valence-electron chi connectivity index (χ0n) is 15.1. The third kappa shape index (κ3) is 2.81. The standard InChI is InChI=1S/C18H21N9/c1-14-18(20-17-13-19-9-12-25(14)17)15-7-10-24(11-8-15)27-23-21-22-26(27)16-5-3-2-4-6-16/h2-6,9,12-13,15,27H,7-8,10-11H2,1H3. The molecule has 4 heterocycles. The lowest BCUT2D eigenvalue weighted by Gasteiger charge is -2.37. The molecule has 9 nitrogen and oxygen atoms in total. The Morgan fingerprint density at radius 3 is 2.74 bits per heavy atom. The second-order valence-electron chi connectivity index (χ2n) is 6.87. The molecule has 5 rings (SSSR count). The zero-order chi connectivity index (χ0) is 18.2. The van der Waals surface area contributed by atoms with Crippen LogP contribution in [-0.4, -0.2) is 32.5 Å². The lowest BCUT2D eigenvalue weighted by Crippen LogP contribution is -3.19. The molecule has 0 radical (unpaired) electrons. The number of nitrogens with one attached hydrogen (secondary N) is 1. The first-order chi connectivity index (χ1) is 13.3. The number of anilines is 1. The third-order valence-electron chi connectivity index (χ3n) is 5.32. The van der Waals surface area contributed by atoms with Gasteiger partial charge in [0.15, 0.2) is 5.65 Å². The Labute approximate surface area is 156 Å². The predicted molar refractivity (Wildman–Crippen MR) is 99.4 cm³/mol. The molecule has 9 heteroatoms. The van der Waals surface area contributed by atoms with Crippen LogP contribution >= 0.6 is 0 Å². The number of nitrogens with zero attached hydrogens (tertiary/aromatic N) is 8. The summed E-state index contributed by atoms with van der Waals surface area (Å²) in [7, 11) is 0. The number of piperidine rings is 1. The highest BCUT2D eigenvalue weighted by Crippen LogP contribution is 2.29. The van der Waals surface area contributed by atoms with Crippen LogP contribution in [0.5, 0.6) is 0 Å². The second kappa shape index (κ2) is 6.60. The van der Waals surface area contributed by atoms with Crippen LogP contribution in [0.25, 0.3) is 11.2 Å². The minimum Gasteiger partial charge on any atom is -0.301 e. The molecule has 27 heavy (non-hydrogen) atoms. The molecule has 2 aliphatic heterocycles. The normalized spacial score (nSPS) is 21.1. The lowest BCUT2D eigenvalue weighted by molar-refractivity contribution is -0.988. The van der Waals surface area contributed by atoms with Gasteiger partial charge in [0, 0.05) is 24.0 Å². The highest BCUT2D eigenvalue weighted by atomic mass is 16.2. The Balaban J connectivity index is 1.31. The van der Waals surface area contributed by atoms with Gasteiger partial charge in [-0.1, -0.05) is 23.4 Å². The fraction of sp³-hybridized carbons (Fsp3) is 0.333. The van der Waals surface area contributed by atoms with Crippen LogP contribution in [0.2, 0.25) is 0 Å². The van der Waals surface area contributed by atoms with Gasteiger partial charge in [-0.05, 0) is 31.9 Å². The summed E-state index contributed by atoms with van der Waals surface area (Å²) in [4.78, 5) is 9.01. The number of aromatic nitrogens is 3. The van der Waals surface area contributed by atoms with Crippen molar-refractivity contribution in [2.75, 3.05) is 18.2 Å². The van der Waals surface area contributed by atoms with Crippen LogP contribution in [0.1, 0.15) is 30.1 Å². The lowest BCUT2D eigenvalue weighted by atomic mass is 9.93. The maximum absolute atomic E-state index is 4.83. The molecule has 1 atom stereocenters. The van der Waals surface area contributed by atoms with Gasteiger partial charge in [0.2, 0.25) is 0 Å². The van der Waals surface area contributed by atoms with Crippen LogP contribution in [0.4, 0.5) is 5.69 Å². The molecule has 1 unspecified atom stereocenters. The zero-order valence-corrected chi connectivity index (χ0v) is 15.1. The first-order valence-electron chi connectivity index (χ1n) is 9.18. The van der Waals surface area contributed by atoms with Gasteiger partial charge in [-0.15, -0.1) is 10.5 Å². The summed E-state index contributed by atoms with van der Waals surface area (Å²) in [6.45, 7) is 3.95.